The molecule has 20 heavy (non-hydrogen) atoms. The van der Waals surface area contributed by atoms with Crippen LogP contribution in [0.1, 0.15) is 35.3 Å². The molecule has 104 valence electrons. The van der Waals surface area contributed by atoms with Crippen molar-refractivity contribution in [3.05, 3.63) is 59.2 Å². The monoisotopic (exact) mass is 269 g/mol. The minimum atomic E-state index is -0.103. The number of anilines is 1. The van der Waals surface area contributed by atoms with E-state index >= 15 is 0 Å². The van der Waals surface area contributed by atoms with Crippen LogP contribution < -0.4 is 10.5 Å². The van der Waals surface area contributed by atoms with E-state index in [9.17, 15) is 4.79 Å². The van der Waals surface area contributed by atoms with Crippen LogP contribution in [0.3, 0.4) is 0 Å². The lowest BCUT2D eigenvalue weighted by Gasteiger charge is -2.12. The zero-order chi connectivity index (χ0) is 14.5. The van der Waals surface area contributed by atoms with Gasteiger partial charge in [0.15, 0.2) is 5.78 Å². The van der Waals surface area contributed by atoms with Gasteiger partial charge in [0.25, 0.3) is 0 Å². The Bertz CT molecular complexity index is 603. The van der Waals surface area contributed by atoms with E-state index in [0.29, 0.717) is 29.2 Å². The van der Waals surface area contributed by atoms with Gasteiger partial charge in [-0.1, -0.05) is 37.3 Å². The van der Waals surface area contributed by atoms with Crippen molar-refractivity contribution in [1.29, 1.82) is 0 Å². The van der Waals surface area contributed by atoms with Crippen LogP contribution in [0, 0.1) is 0 Å². The molecular weight excluding hydrogens is 250 g/mol. The van der Waals surface area contributed by atoms with Gasteiger partial charge in [0.2, 0.25) is 0 Å². The summed E-state index contributed by atoms with van der Waals surface area (Å²) < 4.78 is 5.50. The Balaban J connectivity index is 2.41. The largest absolute Gasteiger partial charge is 0.493 e. The number of nitrogen functional groups attached to an aromatic ring is 1. The zero-order valence-electron chi connectivity index (χ0n) is 11.8. The molecule has 0 saturated carbocycles. The maximum Gasteiger partial charge on any atom is 0.198 e. The first kappa shape index (κ1) is 14.1. The third-order valence-corrected chi connectivity index (χ3v) is 3.21. The summed E-state index contributed by atoms with van der Waals surface area (Å²) in [4.78, 5) is 12.6. The summed E-state index contributed by atoms with van der Waals surface area (Å²) in [5.41, 5.74) is 8.66. The molecular formula is C17H19NO2. The summed E-state index contributed by atoms with van der Waals surface area (Å²) in [6.07, 6.45) is 0.951. The molecule has 0 fully saturated rings. The van der Waals surface area contributed by atoms with Gasteiger partial charge in [-0.05, 0) is 31.0 Å². The first-order valence-corrected chi connectivity index (χ1v) is 6.82. The smallest absolute Gasteiger partial charge is 0.198 e. The van der Waals surface area contributed by atoms with E-state index in [1.807, 2.05) is 31.2 Å². The van der Waals surface area contributed by atoms with Crippen LogP contribution in [0.5, 0.6) is 5.75 Å². The highest BCUT2D eigenvalue weighted by molar-refractivity contribution is 6.13. The highest BCUT2D eigenvalue weighted by Gasteiger charge is 2.17. The van der Waals surface area contributed by atoms with E-state index in [-0.39, 0.29) is 5.78 Å². The Kier molecular flexibility index (Phi) is 4.41. The lowest BCUT2D eigenvalue weighted by molar-refractivity contribution is 0.103. The number of nitrogens with two attached hydrogens (primary N) is 1. The normalized spacial score (nSPS) is 10.3. The molecule has 2 aromatic rings. The van der Waals surface area contributed by atoms with Crippen molar-refractivity contribution in [3.8, 4) is 5.75 Å². The minimum absolute atomic E-state index is 0.103. The number of ether oxygens (including phenoxy) is 1. The summed E-state index contributed by atoms with van der Waals surface area (Å²) in [5.74, 6) is 0.436. The van der Waals surface area contributed by atoms with Crippen LogP contribution in [-0.4, -0.2) is 12.4 Å². The fourth-order valence-corrected chi connectivity index (χ4v) is 2.10. The second-order valence-electron chi connectivity index (χ2n) is 4.53. The van der Waals surface area contributed by atoms with Crippen molar-refractivity contribution in [2.45, 2.75) is 20.3 Å². The molecule has 0 bridgehead atoms. The van der Waals surface area contributed by atoms with Crippen LogP contribution in [0.25, 0.3) is 0 Å². The van der Waals surface area contributed by atoms with Crippen molar-refractivity contribution in [2.75, 3.05) is 12.3 Å². The Hall–Kier alpha value is -2.29. The molecule has 0 aliphatic rings. The van der Waals surface area contributed by atoms with Gasteiger partial charge in [-0.2, -0.15) is 0 Å². The lowest BCUT2D eigenvalue weighted by atomic mass is 9.99. The van der Waals surface area contributed by atoms with Crippen LogP contribution in [-0.2, 0) is 6.42 Å². The summed E-state index contributed by atoms with van der Waals surface area (Å²) in [6, 6.07) is 12.9. The number of hydrogen-bond acceptors (Lipinski definition) is 3. The Morgan fingerprint density at radius 1 is 1.10 bits per heavy atom. The molecule has 2 rings (SSSR count). The SMILES string of the molecule is CCOc1cccc(N)c1C(=O)c1ccc(CC)cc1. The fourth-order valence-electron chi connectivity index (χ4n) is 2.10. The van der Waals surface area contributed by atoms with Gasteiger partial charge in [0, 0.05) is 11.3 Å². The van der Waals surface area contributed by atoms with Gasteiger partial charge in [-0.3, -0.25) is 4.79 Å². The van der Waals surface area contributed by atoms with Gasteiger partial charge in [0.05, 0.1) is 12.2 Å². The number of rotatable bonds is 5. The van der Waals surface area contributed by atoms with E-state index in [0.717, 1.165) is 6.42 Å². The zero-order valence-corrected chi connectivity index (χ0v) is 11.8. The van der Waals surface area contributed by atoms with Crippen molar-refractivity contribution in [1.82, 2.24) is 0 Å². The first-order valence-electron chi connectivity index (χ1n) is 6.82. The lowest BCUT2D eigenvalue weighted by Crippen LogP contribution is -2.09. The quantitative estimate of drug-likeness (QED) is 0.668. The maximum atomic E-state index is 12.6. The molecule has 2 N–H and O–H groups in total. The predicted octanol–water partition coefficient (Wildman–Crippen LogP) is 3.46. The highest BCUT2D eigenvalue weighted by Crippen LogP contribution is 2.27. The standard InChI is InChI=1S/C17H19NO2/c1-3-12-8-10-13(11-9-12)17(19)16-14(18)6-5-7-15(16)20-4-2/h5-11H,3-4,18H2,1-2H3. The molecule has 0 aromatic heterocycles. The van der Waals surface area contributed by atoms with Gasteiger partial charge >= 0.3 is 0 Å². The molecule has 0 unspecified atom stereocenters. The van der Waals surface area contributed by atoms with Crippen molar-refractivity contribution >= 4 is 11.5 Å². The van der Waals surface area contributed by atoms with E-state index in [1.165, 1.54) is 5.56 Å². The molecule has 0 atom stereocenters. The number of hydrogen-bond donors (Lipinski definition) is 1. The maximum absolute atomic E-state index is 12.6. The number of ketones is 1. The second kappa shape index (κ2) is 6.24. The molecule has 2 aromatic carbocycles. The Morgan fingerprint density at radius 3 is 2.40 bits per heavy atom. The molecule has 0 aliphatic heterocycles. The molecule has 0 aliphatic carbocycles. The second-order valence-corrected chi connectivity index (χ2v) is 4.53. The molecule has 0 radical (unpaired) electrons. The molecule has 0 heterocycles. The average molecular weight is 269 g/mol. The molecule has 3 nitrogen and oxygen atoms in total. The Labute approximate surface area is 119 Å². The van der Waals surface area contributed by atoms with Crippen LogP contribution >= 0.6 is 0 Å². The van der Waals surface area contributed by atoms with Crippen molar-refractivity contribution in [3.63, 3.8) is 0 Å². The summed E-state index contributed by atoms with van der Waals surface area (Å²) >= 11 is 0. The van der Waals surface area contributed by atoms with E-state index in [2.05, 4.69) is 6.92 Å². The van der Waals surface area contributed by atoms with E-state index in [4.69, 9.17) is 10.5 Å². The molecule has 3 heteroatoms. The number of aryl methyl sites for hydroxylation is 1. The van der Waals surface area contributed by atoms with Gasteiger partial charge < -0.3 is 10.5 Å². The fraction of sp³-hybridized carbons (Fsp3) is 0.235. The molecule has 0 amide bonds. The van der Waals surface area contributed by atoms with E-state index in [1.54, 1.807) is 18.2 Å². The summed E-state index contributed by atoms with van der Waals surface area (Å²) in [5, 5.41) is 0. The summed E-state index contributed by atoms with van der Waals surface area (Å²) in [6.45, 7) is 4.46. The average Bonchev–Trinajstić information content (AvgIpc) is 2.47. The van der Waals surface area contributed by atoms with Gasteiger partial charge in [-0.25, -0.2) is 0 Å². The topological polar surface area (TPSA) is 52.3 Å². The minimum Gasteiger partial charge on any atom is -0.493 e. The third kappa shape index (κ3) is 2.82. The van der Waals surface area contributed by atoms with Crippen molar-refractivity contribution < 1.29 is 9.53 Å². The van der Waals surface area contributed by atoms with Crippen LogP contribution in [0.4, 0.5) is 5.69 Å². The summed E-state index contributed by atoms with van der Waals surface area (Å²) in [7, 11) is 0. The number of carbonyl (C=O) groups is 1. The molecule has 0 saturated heterocycles. The number of carbonyl (C=O) groups excluding carboxylic acids is 1. The van der Waals surface area contributed by atoms with Crippen LogP contribution in [0.2, 0.25) is 0 Å². The van der Waals surface area contributed by atoms with Gasteiger partial charge in [0.1, 0.15) is 5.75 Å². The number of benzene rings is 2. The Morgan fingerprint density at radius 2 is 1.80 bits per heavy atom. The van der Waals surface area contributed by atoms with Gasteiger partial charge in [-0.15, -0.1) is 0 Å². The molecule has 0 spiro atoms. The van der Waals surface area contributed by atoms with E-state index < -0.39 is 0 Å². The predicted molar refractivity (Wildman–Crippen MR) is 81.3 cm³/mol. The third-order valence-electron chi connectivity index (χ3n) is 3.21. The first-order chi connectivity index (χ1) is 9.67. The van der Waals surface area contributed by atoms with Crippen LogP contribution in [0.15, 0.2) is 42.5 Å². The highest BCUT2D eigenvalue weighted by atomic mass is 16.5. The van der Waals surface area contributed by atoms with Crippen molar-refractivity contribution in [2.24, 2.45) is 0 Å².